The second kappa shape index (κ2) is 10.4. The van der Waals surface area contributed by atoms with E-state index in [9.17, 15) is 13.2 Å². The Morgan fingerprint density at radius 3 is 2.64 bits per heavy atom. The van der Waals surface area contributed by atoms with E-state index < -0.39 is 15.9 Å². The lowest BCUT2D eigenvalue weighted by Crippen LogP contribution is -2.47. The van der Waals surface area contributed by atoms with Gasteiger partial charge in [-0.25, -0.2) is 12.7 Å². The van der Waals surface area contributed by atoms with Gasteiger partial charge in [-0.15, -0.1) is 0 Å². The van der Waals surface area contributed by atoms with Crippen LogP contribution in [0.1, 0.15) is 39.5 Å². The quantitative estimate of drug-likeness (QED) is 0.628. The summed E-state index contributed by atoms with van der Waals surface area (Å²) in [7, 11) is -3.33. The van der Waals surface area contributed by atoms with E-state index in [0.717, 1.165) is 0 Å². The number of carbonyl (C=O) groups is 1. The highest BCUT2D eigenvalue weighted by Gasteiger charge is 2.34. The summed E-state index contributed by atoms with van der Waals surface area (Å²) < 4.78 is 31.7. The number of benzene rings is 1. The van der Waals surface area contributed by atoms with Crippen LogP contribution in [0, 0.1) is 17.2 Å². The molecule has 0 aliphatic carbocycles. The average molecular weight is 408 g/mol. The van der Waals surface area contributed by atoms with Gasteiger partial charge in [0.2, 0.25) is 15.9 Å². The minimum atomic E-state index is -3.33. The van der Waals surface area contributed by atoms with Crippen molar-refractivity contribution >= 4 is 21.6 Å². The monoisotopic (exact) mass is 407 g/mol. The predicted octanol–water partition coefficient (Wildman–Crippen LogP) is 2.78. The zero-order valence-electron chi connectivity index (χ0n) is 16.6. The number of carbonyl (C=O) groups excluding carboxylic acids is 1. The number of nitrogens with zero attached hydrogens (tertiary/aromatic N) is 3. The number of sulfonamides is 1. The van der Waals surface area contributed by atoms with Crippen molar-refractivity contribution < 1.29 is 17.9 Å². The molecule has 0 radical (unpaired) electrons. The Morgan fingerprint density at radius 2 is 2.04 bits per heavy atom. The molecule has 1 unspecified atom stereocenters. The predicted molar refractivity (Wildman–Crippen MR) is 109 cm³/mol. The van der Waals surface area contributed by atoms with Crippen LogP contribution < -0.4 is 9.64 Å². The fraction of sp³-hybridized carbons (Fsp3) is 0.600. The van der Waals surface area contributed by atoms with Gasteiger partial charge in [0.15, 0.2) is 0 Å². The molecule has 1 fully saturated rings. The molecule has 28 heavy (non-hydrogen) atoms. The zero-order chi connectivity index (χ0) is 20.6. The first-order valence-corrected chi connectivity index (χ1v) is 11.4. The van der Waals surface area contributed by atoms with Crippen LogP contribution in [0.2, 0.25) is 0 Å². The Morgan fingerprint density at radius 1 is 1.32 bits per heavy atom. The van der Waals surface area contributed by atoms with Gasteiger partial charge in [0.25, 0.3) is 0 Å². The Kier molecular flexibility index (Phi) is 8.27. The van der Waals surface area contributed by atoms with Crippen LogP contribution in [0.25, 0.3) is 0 Å². The molecule has 2 rings (SSSR count). The van der Waals surface area contributed by atoms with E-state index in [0.29, 0.717) is 43.9 Å². The molecule has 0 saturated carbocycles. The molecule has 1 aromatic carbocycles. The van der Waals surface area contributed by atoms with Gasteiger partial charge in [0.05, 0.1) is 30.8 Å². The Bertz CT molecular complexity index is 787. The summed E-state index contributed by atoms with van der Waals surface area (Å²) in [4.78, 5) is 14.8. The van der Waals surface area contributed by atoms with Gasteiger partial charge < -0.3 is 9.64 Å². The number of hydrogen-bond acceptors (Lipinski definition) is 5. The summed E-state index contributed by atoms with van der Waals surface area (Å²) in [6.07, 6.45) is 2.08. The Hall–Kier alpha value is -2.11. The second-order valence-corrected chi connectivity index (χ2v) is 8.93. The minimum absolute atomic E-state index is 0.102. The third-order valence-corrected chi connectivity index (χ3v) is 6.80. The van der Waals surface area contributed by atoms with Crippen molar-refractivity contribution in [3.63, 3.8) is 0 Å². The lowest BCUT2D eigenvalue weighted by atomic mass is 9.97. The van der Waals surface area contributed by atoms with E-state index in [1.807, 2.05) is 13.8 Å². The van der Waals surface area contributed by atoms with Gasteiger partial charge in [0.1, 0.15) is 5.75 Å². The summed E-state index contributed by atoms with van der Waals surface area (Å²) in [5.41, 5.74) is 0.692. The molecule has 1 atom stereocenters. The summed E-state index contributed by atoms with van der Waals surface area (Å²) >= 11 is 0. The topological polar surface area (TPSA) is 90.7 Å². The SMILES string of the molecule is CCCS(=O)(=O)N1CCCC(C(=O)N(CCC#N)c2ccc(OCC)cc2)C1. The van der Waals surface area contributed by atoms with Crippen LogP contribution in [-0.4, -0.2) is 50.6 Å². The molecule has 1 amide bonds. The summed E-state index contributed by atoms with van der Waals surface area (Å²) in [5, 5.41) is 8.98. The minimum Gasteiger partial charge on any atom is -0.494 e. The van der Waals surface area contributed by atoms with E-state index in [1.165, 1.54) is 4.31 Å². The van der Waals surface area contributed by atoms with Crippen molar-refractivity contribution in [2.24, 2.45) is 5.92 Å². The van der Waals surface area contributed by atoms with Crippen LogP contribution in [0.5, 0.6) is 5.75 Å². The maximum atomic E-state index is 13.2. The molecule has 1 heterocycles. The van der Waals surface area contributed by atoms with Gasteiger partial charge in [-0.1, -0.05) is 6.92 Å². The molecular formula is C20H29N3O4S. The first-order valence-electron chi connectivity index (χ1n) is 9.82. The fourth-order valence-corrected chi connectivity index (χ4v) is 5.01. The highest BCUT2D eigenvalue weighted by atomic mass is 32.2. The van der Waals surface area contributed by atoms with Crippen LogP contribution in [0.4, 0.5) is 5.69 Å². The van der Waals surface area contributed by atoms with Gasteiger partial charge in [0, 0.05) is 25.3 Å². The van der Waals surface area contributed by atoms with Crippen LogP contribution in [0.15, 0.2) is 24.3 Å². The maximum absolute atomic E-state index is 13.2. The molecule has 1 aliphatic rings. The zero-order valence-corrected chi connectivity index (χ0v) is 17.5. The van der Waals surface area contributed by atoms with E-state index in [1.54, 1.807) is 29.2 Å². The molecule has 1 aromatic rings. The van der Waals surface area contributed by atoms with Crippen molar-refractivity contribution in [1.29, 1.82) is 5.26 Å². The van der Waals surface area contributed by atoms with Crippen molar-refractivity contribution in [2.75, 3.05) is 36.9 Å². The van der Waals surface area contributed by atoms with E-state index in [-0.39, 0.29) is 31.2 Å². The van der Waals surface area contributed by atoms with Crippen molar-refractivity contribution in [2.45, 2.75) is 39.5 Å². The van der Waals surface area contributed by atoms with Crippen molar-refractivity contribution in [1.82, 2.24) is 4.31 Å². The van der Waals surface area contributed by atoms with Crippen molar-refractivity contribution in [3.05, 3.63) is 24.3 Å². The second-order valence-electron chi connectivity index (χ2n) is 6.84. The fourth-order valence-electron chi connectivity index (χ4n) is 3.42. The van der Waals surface area contributed by atoms with Gasteiger partial charge >= 0.3 is 0 Å². The molecular weight excluding hydrogens is 378 g/mol. The van der Waals surface area contributed by atoms with Gasteiger partial charge in [-0.05, 0) is 50.5 Å². The largest absolute Gasteiger partial charge is 0.494 e. The summed E-state index contributed by atoms with van der Waals surface area (Å²) in [5.74, 6) is 0.292. The molecule has 0 N–H and O–H groups in total. The smallest absolute Gasteiger partial charge is 0.231 e. The third kappa shape index (κ3) is 5.69. The first kappa shape index (κ1) is 22.2. The number of amides is 1. The normalized spacial score (nSPS) is 17.7. The summed E-state index contributed by atoms with van der Waals surface area (Å²) in [6.45, 7) is 5.24. The molecule has 0 spiro atoms. The molecule has 0 bridgehead atoms. The van der Waals surface area contributed by atoms with Crippen molar-refractivity contribution in [3.8, 4) is 11.8 Å². The van der Waals surface area contributed by atoms with Gasteiger partial charge in [-0.3, -0.25) is 4.79 Å². The Labute approximate surface area is 167 Å². The molecule has 7 nitrogen and oxygen atoms in total. The van der Waals surface area contributed by atoms with E-state index >= 15 is 0 Å². The number of piperidine rings is 1. The first-order chi connectivity index (χ1) is 13.4. The van der Waals surface area contributed by atoms with Crippen LogP contribution in [0.3, 0.4) is 0 Å². The van der Waals surface area contributed by atoms with Crippen LogP contribution in [-0.2, 0) is 14.8 Å². The van der Waals surface area contributed by atoms with E-state index in [4.69, 9.17) is 10.00 Å². The lowest BCUT2D eigenvalue weighted by Gasteiger charge is -2.34. The van der Waals surface area contributed by atoms with Gasteiger partial charge in [-0.2, -0.15) is 5.26 Å². The maximum Gasteiger partial charge on any atom is 0.231 e. The highest BCUT2D eigenvalue weighted by Crippen LogP contribution is 2.26. The molecule has 1 aliphatic heterocycles. The Balaban J connectivity index is 2.18. The molecule has 0 aromatic heterocycles. The highest BCUT2D eigenvalue weighted by molar-refractivity contribution is 7.89. The number of hydrogen-bond donors (Lipinski definition) is 0. The average Bonchev–Trinajstić information content (AvgIpc) is 2.69. The molecule has 154 valence electrons. The number of nitriles is 1. The number of rotatable bonds is 9. The lowest BCUT2D eigenvalue weighted by molar-refractivity contribution is -0.123. The number of ether oxygens (including phenoxy) is 1. The number of anilines is 1. The standard InChI is InChI=1S/C20H29N3O4S/c1-3-15-28(25,26)22-13-5-7-17(16-22)20(24)23(14-6-12-21)18-8-10-19(11-9-18)27-4-2/h8-11,17H,3-7,13-16H2,1-2H3. The third-order valence-electron chi connectivity index (χ3n) is 4.76. The molecule has 1 saturated heterocycles. The molecule has 8 heteroatoms. The summed E-state index contributed by atoms with van der Waals surface area (Å²) in [6, 6.07) is 9.27. The van der Waals surface area contributed by atoms with E-state index in [2.05, 4.69) is 6.07 Å². The van der Waals surface area contributed by atoms with Crippen LogP contribution >= 0.6 is 0 Å².